The number of halogens is 1. The third-order valence-corrected chi connectivity index (χ3v) is 5.33. The van der Waals surface area contributed by atoms with Crippen LogP contribution in [0.2, 0.25) is 5.02 Å². The molecule has 0 amide bonds. The van der Waals surface area contributed by atoms with Crippen molar-refractivity contribution in [2.75, 3.05) is 6.61 Å². The summed E-state index contributed by atoms with van der Waals surface area (Å²) in [5, 5.41) is 8.56. The van der Waals surface area contributed by atoms with Crippen LogP contribution in [0.15, 0.2) is 59.8 Å². The van der Waals surface area contributed by atoms with Gasteiger partial charge in [0, 0.05) is 16.3 Å². The number of hydrogen-bond acceptors (Lipinski definition) is 6. The van der Waals surface area contributed by atoms with E-state index < -0.39 is 11.2 Å². The fourth-order valence-electron chi connectivity index (χ4n) is 2.56. The van der Waals surface area contributed by atoms with Crippen molar-refractivity contribution in [1.29, 1.82) is 0 Å². The summed E-state index contributed by atoms with van der Waals surface area (Å²) >= 11 is 7.02. The Bertz CT molecular complexity index is 974. The van der Waals surface area contributed by atoms with E-state index in [4.69, 9.17) is 16.3 Å². The third-order valence-electron chi connectivity index (χ3n) is 3.84. The number of thioether (sulfide) groups is 1. The van der Waals surface area contributed by atoms with Gasteiger partial charge in [-0.05, 0) is 50.2 Å². The zero-order chi connectivity index (χ0) is 20.1. The minimum atomic E-state index is -1.01. The van der Waals surface area contributed by atoms with E-state index in [1.54, 1.807) is 19.1 Å². The molecule has 0 aliphatic carbocycles. The number of para-hydroxylation sites is 1. The van der Waals surface area contributed by atoms with Gasteiger partial charge in [0.1, 0.15) is 0 Å². The minimum Gasteiger partial charge on any atom is -0.465 e. The molecule has 28 heavy (non-hydrogen) atoms. The summed E-state index contributed by atoms with van der Waals surface area (Å²) in [6, 6.07) is 16.7. The first-order valence-corrected chi connectivity index (χ1v) is 9.87. The number of carbonyl (C=O) groups excluding carboxylic acids is 2. The maximum absolute atomic E-state index is 12.2. The molecular weight excluding hydrogens is 398 g/mol. The van der Waals surface area contributed by atoms with E-state index in [0.29, 0.717) is 16.0 Å². The Hall–Kier alpha value is -2.64. The molecule has 8 heteroatoms. The van der Waals surface area contributed by atoms with Crippen molar-refractivity contribution in [2.24, 2.45) is 0 Å². The molecule has 0 radical (unpaired) electrons. The van der Waals surface area contributed by atoms with Crippen LogP contribution in [0.1, 0.15) is 13.8 Å². The Morgan fingerprint density at radius 1 is 1.11 bits per heavy atom. The minimum absolute atomic E-state index is 0.199. The topological polar surface area (TPSA) is 74.1 Å². The molecule has 1 atom stereocenters. The lowest BCUT2D eigenvalue weighted by molar-refractivity contribution is -0.144. The Balaban J connectivity index is 2.07. The van der Waals surface area contributed by atoms with Crippen molar-refractivity contribution in [1.82, 2.24) is 14.8 Å². The van der Waals surface area contributed by atoms with Gasteiger partial charge < -0.3 is 4.74 Å². The van der Waals surface area contributed by atoms with Crippen LogP contribution in [0.3, 0.4) is 0 Å². The normalized spacial score (nSPS) is 11.8. The van der Waals surface area contributed by atoms with Crippen molar-refractivity contribution in [2.45, 2.75) is 24.3 Å². The quantitative estimate of drug-likeness (QED) is 0.327. The second kappa shape index (κ2) is 9.03. The average Bonchev–Trinajstić information content (AvgIpc) is 3.11. The average molecular weight is 416 g/mol. The lowest BCUT2D eigenvalue weighted by Gasteiger charge is -2.14. The molecule has 144 valence electrons. The zero-order valence-corrected chi connectivity index (χ0v) is 16.9. The van der Waals surface area contributed by atoms with Gasteiger partial charge in [-0.3, -0.25) is 14.2 Å². The fraction of sp³-hybridized carbons (Fsp3) is 0.200. The predicted octanol–water partition coefficient (Wildman–Crippen LogP) is 4.20. The van der Waals surface area contributed by atoms with E-state index in [0.717, 1.165) is 23.0 Å². The van der Waals surface area contributed by atoms with Crippen LogP contribution in [-0.4, -0.2) is 38.4 Å². The number of nitrogens with zero attached hydrogens (tertiary/aromatic N) is 3. The molecular formula is C20H18ClN3O3S. The van der Waals surface area contributed by atoms with Crippen LogP contribution in [0.25, 0.3) is 17.1 Å². The van der Waals surface area contributed by atoms with Crippen LogP contribution in [0.5, 0.6) is 0 Å². The molecule has 0 fully saturated rings. The van der Waals surface area contributed by atoms with Crippen molar-refractivity contribution < 1.29 is 14.3 Å². The zero-order valence-electron chi connectivity index (χ0n) is 15.3. The molecule has 3 rings (SSSR count). The predicted molar refractivity (Wildman–Crippen MR) is 109 cm³/mol. The summed E-state index contributed by atoms with van der Waals surface area (Å²) in [6.07, 6.45) is 0. The molecule has 0 aliphatic rings. The molecule has 3 aromatic rings. The first-order valence-electron chi connectivity index (χ1n) is 8.61. The Morgan fingerprint density at radius 2 is 1.79 bits per heavy atom. The Labute approximate surface area is 171 Å². The first-order chi connectivity index (χ1) is 13.5. The van der Waals surface area contributed by atoms with Gasteiger partial charge in [0.05, 0.1) is 6.61 Å². The highest BCUT2D eigenvalue weighted by Gasteiger charge is 2.29. The number of Topliss-reactive ketones (excluding diaryl/α,β-unsaturated/α-hetero) is 1. The second-order valence-electron chi connectivity index (χ2n) is 5.84. The fourth-order valence-corrected chi connectivity index (χ4v) is 3.61. The van der Waals surface area contributed by atoms with E-state index in [1.807, 2.05) is 47.0 Å². The van der Waals surface area contributed by atoms with Crippen LogP contribution in [0, 0.1) is 0 Å². The molecule has 2 aromatic carbocycles. The monoisotopic (exact) mass is 415 g/mol. The summed E-state index contributed by atoms with van der Waals surface area (Å²) in [5.41, 5.74) is 1.62. The largest absolute Gasteiger partial charge is 0.465 e. The highest BCUT2D eigenvalue weighted by Crippen LogP contribution is 2.31. The van der Waals surface area contributed by atoms with Crippen LogP contribution >= 0.6 is 23.4 Å². The molecule has 6 nitrogen and oxygen atoms in total. The van der Waals surface area contributed by atoms with E-state index in [-0.39, 0.29) is 12.4 Å². The van der Waals surface area contributed by atoms with Gasteiger partial charge in [0.25, 0.3) is 0 Å². The molecule has 0 bridgehead atoms. The lowest BCUT2D eigenvalue weighted by atomic mass is 10.2. The smallest absolute Gasteiger partial charge is 0.327 e. The van der Waals surface area contributed by atoms with Gasteiger partial charge in [-0.2, -0.15) is 0 Å². The highest BCUT2D eigenvalue weighted by atomic mass is 35.5. The molecule has 1 aromatic heterocycles. The maximum Gasteiger partial charge on any atom is 0.327 e. The van der Waals surface area contributed by atoms with Crippen LogP contribution in [-0.2, 0) is 14.3 Å². The summed E-state index contributed by atoms with van der Waals surface area (Å²) in [5.74, 6) is -0.314. The molecule has 0 unspecified atom stereocenters. The van der Waals surface area contributed by atoms with Crippen molar-refractivity contribution in [3.63, 3.8) is 0 Å². The SMILES string of the molecule is CCOC(=O)[C@H](Sc1nnc(-c2ccc(Cl)cc2)n1-c1ccccc1)C(C)=O. The molecule has 0 saturated carbocycles. The number of esters is 1. The molecule has 0 spiro atoms. The molecule has 0 saturated heterocycles. The lowest BCUT2D eigenvalue weighted by Crippen LogP contribution is -2.27. The second-order valence-corrected chi connectivity index (χ2v) is 7.35. The number of rotatable bonds is 7. The Kier molecular flexibility index (Phi) is 6.49. The van der Waals surface area contributed by atoms with E-state index in [1.165, 1.54) is 6.92 Å². The summed E-state index contributed by atoms with van der Waals surface area (Å²) in [4.78, 5) is 24.2. The van der Waals surface area contributed by atoms with Gasteiger partial charge in [0.2, 0.25) is 0 Å². The number of benzene rings is 2. The number of carbonyl (C=O) groups is 2. The summed E-state index contributed by atoms with van der Waals surface area (Å²) in [7, 11) is 0. The number of aromatic nitrogens is 3. The van der Waals surface area contributed by atoms with Crippen molar-refractivity contribution in [3.8, 4) is 17.1 Å². The van der Waals surface area contributed by atoms with Gasteiger partial charge >= 0.3 is 5.97 Å². The van der Waals surface area contributed by atoms with Crippen LogP contribution < -0.4 is 0 Å². The third kappa shape index (κ3) is 4.43. The molecule has 1 heterocycles. The summed E-state index contributed by atoms with van der Waals surface area (Å²) < 4.78 is 6.84. The number of ketones is 1. The summed E-state index contributed by atoms with van der Waals surface area (Å²) in [6.45, 7) is 3.26. The van der Waals surface area contributed by atoms with E-state index >= 15 is 0 Å². The van der Waals surface area contributed by atoms with Crippen LogP contribution in [0.4, 0.5) is 0 Å². The van der Waals surface area contributed by atoms with Crippen molar-refractivity contribution >= 4 is 35.1 Å². The molecule has 0 aliphatic heterocycles. The van der Waals surface area contributed by atoms with Gasteiger partial charge in [-0.25, -0.2) is 0 Å². The van der Waals surface area contributed by atoms with Gasteiger partial charge in [-0.15, -0.1) is 10.2 Å². The molecule has 0 N–H and O–H groups in total. The number of hydrogen-bond donors (Lipinski definition) is 0. The first kappa shape index (κ1) is 20.1. The van der Waals surface area contributed by atoms with Crippen molar-refractivity contribution in [3.05, 3.63) is 59.6 Å². The standard InChI is InChI=1S/C20H18ClN3O3S/c1-3-27-19(26)17(13(2)25)28-20-23-22-18(14-9-11-15(21)12-10-14)24(20)16-7-5-4-6-8-16/h4-12,17H,3H2,1-2H3/t17-/m1/s1. The van der Waals surface area contributed by atoms with Gasteiger partial charge in [-0.1, -0.05) is 41.6 Å². The highest BCUT2D eigenvalue weighted by molar-refractivity contribution is 8.01. The van der Waals surface area contributed by atoms with Gasteiger partial charge in [0.15, 0.2) is 22.0 Å². The Morgan fingerprint density at radius 3 is 2.39 bits per heavy atom. The number of ether oxygens (including phenoxy) is 1. The van der Waals surface area contributed by atoms with E-state index in [9.17, 15) is 9.59 Å². The maximum atomic E-state index is 12.2. The van der Waals surface area contributed by atoms with E-state index in [2.05, 4.69) is 10.2 Å².